The van der Waals surface area contributed by atoms with E-state index in [1.54, 1.807) is 0 Å². The number of carbonyl (C=O) groups excluding carboxylic acids is 1. The molecule has 0 unspecified atom stereocenters. The maximum absolute atomic E-state index is 12.5. The number of amides is 2. The summed E-state index contributed by atoms with van der Waals surface area (Å²) < 4.78 is 37.5. The molecule has 1 saturated heterocycles. The van der Waals surface area contributed by atoms with Crippen LogP contribution in [-0.4, -0.2) is 33.5 Å². The number of nitrogens with zero attached hydrogens (tertiary/aromatic N) is 3. The first kappa shape index (κ1) is 17.9. The van der Waals surface area contributed by atoms with E-state index >= 15 is 0 Å². The highest BCUT2D eigenvalue weighted by atomic mass is 19.4. The maximum atomic E-state index is 12.5. The Morgan fingerprint density at radius 3 is 2.44 bits per heavy atom. The van der Waals surface area contributed by atoms with E-state index in [1.807, 2.05) is 4.90 Å². The predicted octanol–water partition coefficient (Wildman–Crippen LogP) is 3.61. The Morgan fingerprint density at radius 2 is 1.92 bits per heavy atom. The van der Waals surface area contributed by atoms with E-state index in [0.29, 0.717) is 5.92 Å². The van der Waals surface area contributed by atoms with E-state index in [4.69, 9.17) is 0 Å². The first-order valence-corrected chi connectivity index (χ1v) is 8.65. The van der Waals surface area contributed by atoms with Crippen molar-refractivity contribution >= 4 is 6.03 Å². The Morgan fingerprint density at radius 1 is 1.32 bits per heavy atom. The fourth-order valence-electron chi connectivity index (χ4n) is 4.40. The Bertz CT molecular complexity index is 624. The quantitative estimate of drug-likeness (QED) is 0.900. The number of rotatable bonds is 3. The number of hydrogen-bond donors (Lipinski definition) is 1. The molecule has 1 spiro atoms. The zero-order valence-electron chi connectivity index (χ0n) is 14.4. The molecule has 1 aliphatic heterocycles. The summed E-state index contributed by atoms with van der Waals surface area (Å²) in [4.78, 5) is 21.7. The summed E-state index contributed by atoms with van der Waals surface area (Å²) in [6, 6.07) is 0.0308. The van der Waals surface area contributed by atoms with E-state index in [2.05, 4.69) is 29.1 Å². The van der Waals surface area contributed by atoms with Gasteiger partial charge in [-0.3, -0.25) is 0 Å². The summed E-state index contributed by atoms with van der Waals surface area (Å²) in [5, 5.41) is 2.73. The molecule has 1 atom stereocenters. The van der Waals surface area contributed by atoms with Crippen LogP contribution in [0.3, 0.4) is 0 Å². The van der Waals surface area contributed by atoms with Gasteiger partial charge in [0.05, 0.1) is 12.1 Å². The van der Waals surface area contributed by atoms with Crippen LogP contribution in [0.2, 0.25) is 0 Å². The smallest absolute Gasteiger partial charge is 0.331 e. The predicted molar refractivity (Wildman–Crippen MR) is 85.5 cm³/mol. The molecule has 3 rings (SSSR count). The largest absolute Gasteiger partial charge is 0.419 e. The lowest BCUT2D eigenvalue weighted by atomic mass is 9.66. The second-order valence-corrected chi connectivity index (χ2v) is 7.43. The van der Waals surface area contributed by atoms with Gasteiger partial charge in [-0.1, -0.05) is 26.7 Å². The van der Waals surface area contributed by atoms with Crippen LogP contribution in [0.1, 0.15) is 50.9 Å². The van der Waals surface area contributed by atoms with Crippen molar-refractivity contribution in [3.05, 3.63) is 23.8 Å². The van der Waals surface area contributed by atoms with Crippen molar-refractivity contribution in [1.29, 1.82) is 0 Å². The molecule has 8 heteroatoms. The molecule has 2 amide bonds. The molecule has 138 valence electrons. The number of likely N-dealkylation sites (tertiary alicyclic amines) is 1. The van der Waals surface area contributed by atoms with Crippen molar-refractivity contribution in [1.82, 2.24) is 20.2 Å². The van der Waals surface area contributed by atoms with Gasteiger partial charge in [-0.15, -0.1) is 0 Å². The van der Waals surface area contributed by atoms with Crippen molar-refractivity contribution in [2.24, 2.45) is 11.3 Å². The third-order valence-electron chi connectivity index (χ3n) is 5.37. The molecule has 0 bridgehead atoms. The molecule has 2 fully saturated rings. The minimum Gasteiger partial charge on any atom is -0.331 e. The number of halogens is 3. The van der Waals surface area contributed by atoms with Crippen LogP contribution >= 0.6 is 0 Å². The zero-order valence-corrected chi connectivity index (χ0v) is 14.4. The zero-order chi connectivity index (χ0) is 18.2. The molecule has 5 nitrogen and oxygen atoms in total. The number of alkyl halides is 3. The van der Waals surface area contributed by atoms with Gasteiger partial charge in [-0.05, 0) is 18.8 Å². The van der Waals surface area contributed by atoms with E-state index in [-0.39, 0.29) is 29.9 Å². The van der Waals surface area contributed by atoms with Crippen molar-refractivity contribution in [2.75, 3.05) is 6.54 Å². The molecule has 1 aromatic heterocycles. The van der Waals surface area contributed by atoms with Crippen molar-refractivity contribution < 1.29 is 18.0 Å². The number of aromatic nitrogens is 2. The second-order valence-electron chi connectivity index (χ2n) is 7.43. The Balaban J connectivity index is 1.58. The third kappa shape index (κ3) is 3.43. The summed E-state index contributed by atoms with van der Waals surface area (Å²) in [6.45, 7) is 5.03. The van der Waals surface area contributed by atoms with E-state index < -0.39 is 11.7 Å². The number of urea groups is 1. The van der Waals surface area contributed by atoms with Crippen LogP contribution in [0.5, 0.6) is 0 Å². The van der Waals surface area contributed by atoms with Gasteiger partial charge in [-0.2, -0.15) is 13.2 Å². The van der Waals surface area contributed by atoms with Crippen LogP contribution in [0.4, 0.5) is 18.0 Å². The standard InChI is InChI=1S/C17H23F3N4O/c1-11(2)14-16(5-3-4-6-16)10-24(14)15(25)23-9-13-21-7-12(8-22-13)17(18,19)20/h7-8,11,14H,3-6,9-10H2,1-2H3,(H,23,25)/t14-/m0/s1. The van der Waals surface area contributed by atoms with Crippen molar-refractivity contribution in [3.8, 4) is 0 Å². The van der Waals surface area contributed by atoms with E-state index in [0.717, 1.165) is 18.9 Å². The first-order valence-electron chi connectivity index (χ1n) is 8.65. The van der Waals surface area contributed by atoms with Crippen LogP contribution in [0.25, 0.3) is 0 Å². The van der Waals surface area contributed by atoms with Crippen LogP contribution < -0.4 is 5.32 Å². The molecular weight excluding hydrogens is 333 g/mol. The van der Waals surface area contributed by atoms with Crippen molar-refractivity contribution in [3.63, 3.8) is 0 Å². The molecule has 1 aliphatic carbocycles. The topological polar surface area (TPSA) is 58.1 Å². The van der Waals surface area contributed by atoms with Gasteiger partial charge >= 0.3 is 12.2 Å². The normalized spacial score (nSPS) is 22.3. The maximum Gasteiger partial charge on any atom is 0.419 e. The summed E-state index contributed by atoms with van der Waals surface area (Å²) >= 11 is 0. The highest BCUT2D eigenvalue weighted by Crippen LogP contribution is 2.52. The number of nitrogens with one attached hydrogen (secondary N) is 1. The Hall–Kier alpha value is -1.86. The molecule has 1 saturated carbocycles. The SMILES string of the molecule is CC(C)[C@@H]1N(C(=O)NCc2ncc(C(F)(F)F)cn2)CC12CCCC2. The minimum absolute atomic E-state index is 0.0191. The molecule has 1 N–H and O–H groups in total. The summed E-state index contributed by atoms with van der Waals surface area (Å²) in [7, 11) is 0. The van der Waals surface area contributed by atoms with E-state index in [1.165, 1.54) is 25.7 Å². The highest BCUT2D eigenvalue weighted by Gasteiger charge is 2.56. The fraction of sp³-hybridized carbons (Fsp3) is 0.706. The molecule has 2 aliphatic rings. The second kappa shape index (κ2) is 6.46. The highest BCUT2D eigenvalue weighted by molar-refractivity contribution is 5.76. The van der Waals surface area contributed by atoms with Gasteiger partial charge in [0, 0.05) is 30.4 Å². The monoisotopic (exact) mass is 356 g/mol. The van der Waals surface area contributed by atoms with Gasteiger partial charge in [0.2, 0.25) is 0 Å². The Labute approximate surface area is 145 Å². The van der Waals surface area contributed by atoms with Gasteiger partial charge in [0.15, 0.2) is 0 Å². The lowest BCUT2D eigenvalue weighted by molar-refractivity contribution is -0.138. The third-order valence-corrected chi connectivity index (χ3v) is 5.37. The molecule has 25 heavy (non-hydrogen) atoms. The van der Waals surface area contributed by atoms with Crippen molar-refractivity contribution in [2.45, 2.75) is 58.3 Å². The van der Waals surface area contributed by atoms with Gasteiger partial charge in [0.25, 0.3) is 0 Å². The lowest BCUT2D eigenvalue weighted by Gasteiger charge is -2.58. The number of hydrogen-bond acceptors (Lipinski definition) is 3. The first-order chi connectivity index (χ1) is 11.7. The Kier molecular flexibility index (Phi) is 4.64. The van der Waals surface area contributed by atoms with Gasteiger partial charge in [0.1, 0.15) is 5.82 Å². The molecule has 0 radical (unpaired) electrons. The molecule has 2 heterocycles. The molecular formula is C17H23F3N4O. The number of carbonyl (C=O) groups is 1. The summed E-state index contributed by atoms with van der Waals surface area (Å²) in [5.74, 6) is 0.540. The van der Waals surface area contributed by atoms with Crippen LogP contribution in [0, 0.1) is 11.3 Å². The fourth-order valence-corrected chi connectivity index (χ4v) is 4.40. The minimum atomic E-state index is -4.46. The average Bonchev–Trinajstić information content (AvgIpc) is 3.01. The van der Waals surface area contributed by atoms with Gasteiger partial charge in [-0.25, -0.2) is 14.8 Å². The average molecular weight is 356 g/mol. The molecule has 1 aromatic rings. The summed E-state index contributed by atoms with van der Waals surface area (Å²) in [6.07, 6.45) is 1.80. The van der Waals surface area contributed by atoms with Crippen LogP contribution in [-0.2, 0) is 12.7 Å². The van der Waals surface area contributed by atoms with Gasteiger partial charge < -0.3 is 10.2 Å². The molecule has 0 aromatic carbocycles. The van der Waals surface area contributed by atoms with Crippen LogP contribution in [0.15, 0.2) is 12.4 Å². The lowest BCUT2D eigenvalue weighted by Crippen LogP contribution is -2.68. The van der Waals surface area contributed by atoms with E-state index in [9.17, 15) is 18.0 Å². The summed E-state index contributed by atoms with van der Waals surface area (Å²) in [5.41, 5.74) is -0.635.